The van der Waals surface area contributed by atoms with Crippen LogP contribution < -0.4 is 0 Å². The highest BCUT2D eigenvalue weighted by Gasteiger charge is 2.31. The molecule has 0 saturated carbocycles. The summed E-state index contributed by atoms with van der Waals surface area (Å²) in [5.74, 6) is 0.437. The molecule has 0 bridgehead atoms. The van der Waals surface area contributed by atoms with Gasteiger partial charge in [0.05, 0.1) is 26.4 Å². The highest BCUT2D eigenvalue weighted by atomic mass is 16.7. The second-order valence-electron chi connectivity index (χ2n) is 7.60. The number of hydrogen-bond acceptors (Lipinski definition) is 5. The van der Waals surface area contributed by atoms with Crippen LogP contribution in [0.5, 0.6) is 0 Å². The lowest BCUT2D eigenvalue weighted by molar-refractivity contribution is -0.156. The number of allylic oxidation sites excluding steroid dienone is 1. The molecule has 3 rings (SSSR count). The maximum Gasteiger partial charge on any atom is 0.288 e. The molecule has 1 aromatic carbocycles. The molecule has 2 aliphatic heterocycles. The summed E-state index contributed by atoms with van der Waals surface area (Å²) in [5.41, 5.74) is 1.15. The van der Waals surface area contributed by atoms with Gasteiger partial charge in [0.1, 0.15) is 0 Å². The van der Waals surface area contributed by atoms with Crippen molar-refractivity contribution in [2.75, 3.05) is 39.5 Å². The number of aliphatic hydroxyl groups is 1. The Labute approximate surface area is 173 Å². The monoisotopic (exact) mass is 403 g/mol. The quantitative estimate of drug-likeness (QED) is 0.675. The van der Waals surface area contributed by atoms with Gasteiger partial charge in [0, 0.05) is 25.4 Å². The van der Waals surface area contributed by atoms with Gasteiger partial charge >= 0.3 is 0 Å². The molecule has 29 heavy (non-hydrogen) atoms. The van der Waals surface area contributed by atoms with Gasteiger partial charge in [0.15, 0.2) is 5.76 Å². The first-order valence-electron chi connectivity index (χ1n) is 10.8. The van der Waals surface area contributed by atoms with Gasteiger partial charge in [-0.3, -0.25) is 4.79 Å². The fourth-order valence-corrected chi connectivity index (χ4v) is 3.85. The molecule has 2 atom stereocenters. The van der Waals surface area contributed by atoms with Crippen LogP contribution in [0.1, 0.15) is 50.0 Å². The molecule has 1 aromatic rings. The van der Waals surface area contributed by atoms with Gasteiger partial charge in [-0.25, -0.2) is 0 Å². The summed E-state index contributed by atoms with van der Waals surface area (Å²) in [6.07, 6.45) is 7.82. The van der Waals surface area contributed by atoms with E-state index in [0.29, 0.717) is 32.0 Å². The van der Waals surface area contributed by atoms with Gasteiger partial charge in [-0.15, -0.1) is 0 Å². The first-order valence-corrected chi connectivity index (χ1v) is 10.8. The SMILES string of the molecule is O=C(C1=C[C@H](c2ccccc2)C[C@H](OCCOCCO)O1)N1CCCCCCC1. The fraction of sp³-hybridized carbons (Fsp3) is 0.609. The molecule has 2 aliphatic rings. The van der Waals surface area contributed by atoms with E-state index >= 15 is 0 Å². The minimum absolute atomic E-state index is 0.00671. The van der Waals surface area contributed by atoms with Crippen LogP contribution in [0, 0.1) is 0 Å². The molecular formula is C23H33NO5. The molecule has 0 spiro atoms. The molecule has 1 saturated heterocycles. The number of amides is 1. The smallest absolute Gasteiger partial charge is 0.288 e. The first-order chi connectivity index (χ1) is 14.3. The fourth-order valence-electron chi connectivity index (χ4n) is 3.85. The lowest BCUT2D eigenvalue weighted by Gasteiger charge is -2.32. The summed E-state index contributed by atoms with van der Waals surface area (Å²) in [6.45, 7) is 2.60. The Morgan fingerprint density at radius 2 is 1.76 bits per heavy atom. The largest absolute Gasteiger partial charge is 0.459 e. The summed E-state index contributed by atoms with van der Waals surface area (Å²) in [7, 11) is 0. The van der Waals surface area contributed by atoms with Crippen molar-refractivity contribution in [3.05, 3.63) is 47.7 Å². The zero-order chi connectivity index (χ0) is 20.3. The Kier molecular flexibility index (Phi) is 8.99. The Morgan fingerprint density at radius 1 is 1.03 bits per heavy atom. The lowest BCUT2D eigenvalue weighted by Crippen LogP contribution is -2.38. The number of hydrogen-bond donors (Lipinski definition) is 1. The van der Waals surface area contributed by atoms with Crippen LogP contribution in [-0.4, -0.2) is 61.7 Å². The number of likely N-dealkylation sites (tertiary alicyclic amines) is 1. The molecule has 0 aromatic heterocycles. The predicted molar refractivity (Wildman–Crippen MR) is 110 cm³/mol. The van der Waals surface area contributed by atoms with Gasteiger partial charge in [-0.05, 0) is 24.5 Å². The molecule has 1 amide bonds. The molecule has 2 heterocycles. The molecular weight excluding hydrogens is 370 g/mol. The Balaban J connectivity index is 1.68. The van der Waals surface area contributed by atoms with Crippen molar-refractivity contribution in [1.29, 1.82) is 0 Å². The van der Waals surface area contributed by atoms with E-state index < -0.39 is 6.29 Å². The van der Waals surface area contributed by atoms with Crippen LogP contribution in [0.2, 0.25) is 0 Å². The van der Waals surface area contributed by atoms with Crippen molar-refractivity contribution in [2.45, 2.75) is 50.7 Å². The van der Waals surface area contributed by atoms with Crippen LogP contribution in [0.3, 0.4) is 0 Å². The van der Waals surface area contributed by atoms with Crippen LogP contribution >= 0.6 is 0 Å². The summed E-state index contributed by atoms with van der Waals surface area (Å²) < 4.78 is 17.1. The molecule has 1 N–H and O–H groups in total. The molecule has 160 valence electrons. The maximum atomic E-state index is 13.2. The predicted octanol–water partition coefficient (Wildman–Crippen LogP) is 3.22. The number of ether oxygens (including phenoxy) is 3. The van der Waals surface area contributed by atoms with Crippen molar-refractivity contribution in [2.24, 2.45) is 0 Å². The van der Waals surface area contributed by atoms with E-state index in [9.17, 15) is 4.79 Å². The van der Waals surface area contributed by atoms with E-state index in [2.05, 4.69) is 12.1 Å². The van der Waals surface area contributed by atoms with Gasteiger partial charge in [-0.1, -0.05) is 49.6 Å². The van der Waals surface area contributed by atoms with Crippen LogP contribution in [0.4, 0.5) is 0 Å². The number of benzene rings is 1. The third kappa shape index (κ3) is 6.84. The number of rotatable bonds is 8. The number of carbonyl (C=O) groups is 1. The van der Waals surface area contributed by atoms with Gasteiger partial charge < -0.3 is 24.2 Å². The van der Waals surface area contributed by atoms with E-state index in [-0.39, 0.29) is 18.4 Å². The summed E-state index contributed by atoms with van der Waals surface area (Å²) in [6, 6.07) is 10.2. The van der Waals surface area contributed by atoms with Crippen LogP contribution in [-0.2, 0) is 19.0 Å². The molecule has 6 heteroatoms. The molecule has 6 nitrogen and oxygen atoms in total. The van der Waals surface area contributed by atoms with E-state index in [4.69, 9.17) is 19.3 Å². The highest BCUT2D eigenvalue weighted by Crippen LogP contribution is 2.32. The van der Waals surface area contributed by atoms with Crippen molar-refractivity contribution < 1.29 is 24.1 Å². The van der Waals surface area contributed by atoms with Gasteiger partial charge in [-0.2, -0.15) is 0 Å². The van der Waals surface area contributed by atoms with Crippen molar-refractivity contribution >= 4 is 5.91 Å². The van der Waals surface area contributed by atoms with Gasteiger partial charge in [0.2, 0.25) is 6.29 Å². The molecule has 0 radical (unpaired) electrons. The zero-order valence-corrected chi connectivity index (χ0v) is 17.1. The van der Waals surface area contributed by atoms with Crippen molar-refractivity contribution in [3.63, 3.8) is 0 Å². The van der Waals surface area contributed by atoms with Crippen molar-refractivity contribution in [3.8, 4) is 0 Å². The first kappa shape index (κ1) is 21.8. The number of carbonyl (C=O) groups excluding carboxylic acids is 1. The van der Waals surface area contributed by atoms with E-state index in [1.54, 1.807) is 0 Å². The zero-order valence-electron chi connectivity index (χ0n) is 17.1. The maximum absolute atomic E-state index is 13.2. The van der Waals surface area contributed by atoms with Crippen molar-refractivity contribution in [1.82, 2.24) is 4.90 Å². The third-order valence-electron chi connectivity index (χ3n) is 5.41. The minimum Gasteiger partial charge on any atom is -0.459 e. The second kappa shape index (κ2) is 12.0. The topological polar surface area (TPSA) is 68.2 Å². The molecule has 0 aliphatic carbocycles. The number of aliphatic hydroxyl groups excluding tert-OH is 1. The summed E-state index contributed by atoms with van der Waals surface area (Å²) in [4.78, 5) is 15.1. The Hall–Kier alpha value is -1.89. The second-order valence-corrected chi connectivity index (χ2v) is 7.60. The lowest BCUT2D eigenvalue weighted by atomic mass is 9.93. The molecule has 0 unspecified atom stereocenters. The Bertz CT molecular complexity index is 640. The average Bonchev–Trinajstić information content (AvgIpc) is 2.73. The summed E-state index contributed by atoms with van der Waals surface area (Å²) >= 11 is 0. The highest BCUT2D eigenvalue weighted by molar-refractivity contribution is 5.91. The van der Waals surface area contributed by atoms with E-state index in [1.807, 2.05) is 29.2 Å². The minimum atomic E-state index is -0.489. The van der Waals surface area contributed by atoms with Gasteiger partial charge in [0.25, 0.3) is 5.91 Å². The molecule has 1 fully saturated rings. The standard InChI is InChI=1S/C23H33NO5/c25-13-14-27-15-16-28-22-18-20(19-9-5-4-6-10-19)17-21(29-22)23(26)24-11-7-2-1-3-8-12-24/h4-6,9-10,17,20,22,25H,1-3,7-8,11-16,18H2/t20-,22+/m0/s1. The third-order valence-corrected chi connectivity index (χ3v) is 5.41. The Morgan fingerprint density at radius 3 is 2.48 bits per heavy atom. The number of nitrogens with zero attached hydrogens (tertiary/aromatic N) is 1. The average molecular weight is 404 g/mol. The van der Waals surface area contributed by atoms with Crippen LogP contribution in [0.15, 0.2) is 42.2 Å². The van der Waals surface area contributed by atoms with E-state index in [1.165, 1.54) is 19.3 Å². The summed E-state index contributed by atoms with van der Waals surface area (Å²) in [5, 5.41) is 8.79. The normalized spacial score (nSPS) is 22.9. The van der Waals surface area contributed by atoms with Crippen LogP contribution in [0.25, 0.3) is 0 Å². The van der Waals surface area contributed by atoms with E-state index in [0.717, 1.165) is 31.5 Å².